The first kappa shape index (κ1) is 18.1. The molecule has 2 bridgehead atoms. The van der Waals surface area contributed by atoms with Gasteiger partial charge in [0.05, 0.1) is 28.9 Å². The second kappa shape index (κ2) is 5.76. The molecule has 0 spiro atoms. The normalized spacial score (nSPS) is 31.8. The maximum absolute atomic E-state index is 13.1. The molecule has 2 aromatic heterocycles. The number of hydrogen-bond acceptors (Lipinski definition) is 5. The highest BCUT2D eigenvalue weighted by Gasteiger charge is 2.63. The van der Waals surface area contributed by atoms with Gasteiger partial charge in [0, 0.05) is 11.9 Å². The van der Waals surface area contributed by atoms with E-state index in [1.54, 1.807) is 13.0 Å². The zero-order valence-electron chi connectivity index (χ0n) is 15.1. The van der Waals surface area contributed by atoms with Crippen LogP contribution in [0.1, 0.15) is 34.9 Å². The molecular weight excluding hydrogens is 393 g/mol. The van der Waals surface area contributed by atoms with Crippen LogP contribution in [-0.2, 0) is 27.5 Å². The molecule has 5 atom stereocenters. The molecule has 3 aliphatic rings. The lowest BCUT2D eigenvalue weighted by molar-refractivity contribution is -0.143. The number of rotatable bonds is 2. The van der Waals surface area contributed by atoms with E-state index in [-0.39, 0.29) is 41.3 Å². The predicted octanol–water partition coefficient (Wildman–Crippen LogP) is 3.50. The lowest BCUT2D eigenvalue weighted by Gasteiger charge is -2.16. The van der Waals surface area contributed by atoms with Gasteiger partial charge in [0.25, 0.3) is 0 Å². The number of alkyl halides is 3. The highest BCUT2D eigenvalue weighted by Crippen LogP contribution is 2.53. The van der Waals surface area contributed by atoms with Gasteiger partial charge in [-0.25, -0.2) is 0 Å². The first-order valence-electron chi connectivity index (χ1n) is 9.11. The van der Waals surface area contributed by atoms with Crippen LogP contribution in [0, 0.1) is 18.8 Å². The largest absolute Gasteiger partial charge is 0.433 e. The minimum Gasteiger partial charge on any atom is -0.373 e. The van der Waals surface area contributed by atoms with Crippen LogP contribution in [0.3, 0.4) is 0 Å². The standard InChI is InChI=1S/C19H17F3N2O3S/c1-7-8(5-12(28-7)9-6-13(19(20,21)22)24(2)23-9)14-17(25)15-10-3-4-11(27-10)16(15)18(14)26/h5-6,10-11,14-16H,3-4H2,1-2H3/t10-,11+,14?,15-,16?/m0/s1. The van der Waals surface area contributed by atoms with Crippen molar-refractivity contribution in [3.63, 3.8) is 0 Å². The molecule has 1 saturated carbocycles. The number of ketones is 2. The summed E-state index contributed by atoms with van der Waals surface area (Å²) in [4.78, 5) is 27.3. The van der Waals surface area contributed by atoms with Crippen LogP contribution in [0.5, 0.6) is 0 Å². The Morgan fingerprint density at radius 3 is 2.29 bits per heavy atom. The Hall–Kier alpha value is -2.00. The zero-order valence-corrected chi connectivity index (χ0v) is 15.9. The van der Waals surface area contributed by atoms with Crippen LogP contribution in [0.15, 0.2) is 12.1 Å². The van der Waals surface area contributed by atoms with Crippen molar-refractivity contribution in [1.82, 2.24) is 9.78 Å². The Balaban J connectivity index is 1.51. The number of fused-ring (bicyclic) bond motifs is 5. The number of nitrogens with zero attached hydrogens (tertiary/aromatic N) is 2. The summed E-state index contributed by atoms with van der Waals surface area (Å²) < 4.78 is 45.7. The first-order chi connectivity index (χ1) is 13.2. The van der Waals surface area contributed by atoms with Crippen LogP contribution in [0.25, 0.3) is 10.6 Å². The van der Waals surface area contributed by atoms with Crippen LogP contribution in [0.4, 0.5) is 13.2 Å². The Labute approximate surface area is 162 Å². The van der Waals surface area contributed by atoms with E-state index in [0.717, 1.165) is 28.5 Å². The Bertz CT molecular complexity index is 981. The Kier molecular flexibility index (Phi) is 3.71. The summed E-state index contributed by atoms with van der Waals surface area (Å²) >= 11 is 1.26. The van der Waals surface area contributed by atoms with Crippen LogP contribution in [-0.4, -0.2) is 33.6 Å². The van der Waals surface area contributed by atoms with Gasteiger partial charge in [0.2, 0.25) is 0 Å². The number of aryl methyl sites for hydroxylation is 2. The average Bonchev–Trinajstić information content (AvgIpc) is 3.38. The highest BCUT2D eigenvalue weighted by atomic mass is 32.1. The van der Waals surface area contributed by atoms with E-state index in [0.29, 0.717) is 10.4 Å². The molecule has 0 aromatic carbocycles. The second-order valence-corrected chi connectivity index (χ2v) is 8.99. The summed E-state index contributed by atoms with van der Waals surface area (Å²) in [6.07, 6.45) is -3.22. The maximum Gasteiger partial charge on any atom is 0.433 e. The minimum absolute atomic E-state index is 0.105. The number of halogens is 3. The first-order valence-corrected chi connectivity index (χ1v) is 9.93. The van der Waals surface area contributed by atoms with Gasteiger partial charge in [0.15, 0.2) is 11.6 Å². The smallest absolute Gasteiger partial charge is 0.373 e. The molecule has 2 aliphatic heterocycles. The number of thiophene rings is 1. The quantitative estimate of drug-likeness (QED) is 0.711. The van der Waals surface area contributed by atoms with Gasteiger partial charge >= 0.3 is 6.18 Å². The molecule has 2 saturated heterocycles. The minimum atomic E-state index is -4.50. The fraction of sp³-hybridized carbons (Fsp3) is 0.526. The lowest BCUT2D eigenvalue weighted by Crippen LogP contribution is -2.29. The molecule has 4 heterocycles. The number of carbonyl (C=O) groups is 2. The van der Waals surface area contributed by atoms with E-state index in [2.05, 4.69) is 5.10 Å². The maximum atomic E-state index is 13.1. The van der Waals surface area contributed by atoms with Crippen molar-refractivity contribution in [1.29, 1.82) is 0 Å². The van der Waals surface area contributed by atoms with Gasteiger partial charge < -0.3 is 4.74 Å². The van der Waals surface area contributed by atoms with E-state index >= 15 is 0 Å². The van der Waals surface area contributed by atoms with Gasteiger partial charge in [0.1, 0.15) is 17.3 Å². The number of Topliss-reactive ketones (excluding diaryl/α,β-unsaturated/α-hetero) is 2. The number of carbonyl (C=O) groups excluding carboxylic acids is 2. The fourth-order valence-electron chi connectivity index (χ4n) is 4.99. The van der Waals surface area contributed by atoms with Crippen molar-refractivity contribution in [2.75, 3.05) is 0 Å². The van der Waals surface area contributed by atoms with Crippen molar-refractivity contribution in [3.05, 3.63) is 28.3 Å². The van der Waals surface area contributed by atoms with Crippen molar-refractivity contribution < 1.29 is 27.5 Å². The van der Waals surface area contributed by atoms with E-state index < -0.39 is 17.8 Å². The molecule has 5 rings (SSSR count). The van der Waals surface area contributed by atoms with E-state index in [1.165, 1.54) is 18.4 Å². The van der Waals surface area contributed by atoms with E-state index in [1.807, 2.05) is 0 Å². The molecule has 5 nitrogen and oxygen atoms in total. The SMILES string of the molecule is Cc1sc(-c2cc(C(F)(F)F)n(C)n2)cc1C1C(=O)C2[C@@H](C1=O)[C@@H]1CC[C@H]2O1. The summed E-state index contributed by atoms with van der Waals surface area (Å²) in [5.74, 6) is -1.78. The molecule has 9 heteroatoms. The van der Waals surface area contributed by atoms with Crippen molar-refractivity contribution >= 4 is 22.9 Å². The summed E-state index contributed by atoms with van der Waals surface area (Å²) in [7, 11) is 1.24. The predicted molar refractivity (Wildman–Crippen MR) is 93.9 cm³/mol. The molecule has 1 aliphatic carbocycles. The van der Waals surface area contributed by atoms with Gasteiger partial charge in [-0.1, -0.05) is 0 Å². The van der Waals surface area contributed by atoms with Gasteiger partial charge in [-0.3, -0.25) is 14.3 Å². The van der Waals surface area contributed by atoms with Crippen molar-refractivity contribution in [2.45, 2.75) is 44.1 Å². The van der Waals surface area contributed by atoms with Crippen LogP contribution >= 0.6 is 11.3 Å². The molecular formula is C19H17F3N2O3S. The summed E-state index contributed by atoms with van der Waals surface area (Å²) in [5.41, 5.74) is -0.0509. The lowest BCUT2D eigenvalue weighted by atomic mass is 9.81. The third-order valence-electron chi connectivity index (χ3n) is 6.19. The Morgan fingerprint density at radius 2 is 1.75 bits per heavy atom. The molecule has 148 valence electrons. The third-order valence-corrected chi connectivity index (χ3v) is 7.28. The molecule has 2 unspecified atom stereocenters. The summed E-state index contributed by atoms with van der Waals surface area (Å²) in [6, 6.07) is 2.66. The van der Waals surface area contributed by atoms with Crippen molar-refractivity contribution in [3.8, 4) is 10.6 Å². The molecule has 28 heavy (non-hydrogen) atoms. The van der Waals surface area contributed by atoms with E-state index in [9.17, 15) is 22.8 Å². The second-order valence-electron chi connectivity index (χ2n) is 7.74. The monoisotopic (exact) mass is 410 g/mol. The van der Waals surface area contributed by atoms with Gasteiger partial charge in [-0.2, -0.15) is 18.3 Å². The number of aromatic nitrogens is 2. The van der Waals surface area contributed by atoms with Crippen LogP contribution < -0.4 is 0 Å². The third kappa shape index (κ3) is 2.38. The highest BCUT2D eigenvalue weighted by molar-refractivity contribution is 7.15. The Morgan fingerprint density at radius 1 is 1.14 bits per heavy atom. The molecule has 0 N–H and O–H groups in total. The topological polar surface area (TPSA) is 61.2 Å². The number of ether oxygens (including phenoxy) is 1. The molecule has 2 aromatic rings. The van der Waals surface area contributed by atoms with Crippen LogP contribution in [0.2, 0.25) is 0 Å². The summed E-state index contributed by atoms with van der Waals surface area (Å²) in [6.45, 7) is 1.79. The van der Waals surface area contributed by atoms with Gasteiger partial charge in [-0.05, 0) is 37.5 Å². The zero-order chi connectivity index (χ0) is 20.0. The average molecular weight is 410 g/mol. The molecule has 0 radical (unpaired) electrons. The molecule has 3 fully saturated rings. The fourth-order valence-corrected chi connectivity index (χ4v) is 6.01. The van der Waals surface area contributed by atoms with Crippen molar-refractivity contribution in [2.24, 2.45) is 18.9 Å². The van der Waals surface area contributed by atoms with Gasteiger partial charge in [-0.15, -0.1) is 11.3 Å². The van der Waals surface area contributed by atoms with E-state index in [4.69, 9.17) is 4.74 Å². The summed E-state index contributed by atoms with van der Waals surface area (Å²) in [5, 5.41) is 3.98. The molecule has 0 amide bonds. The number of hydrogen-bond donors (Lipinski definition) is 0.